The lowest BCUT2D eigenvalue weighted by Gasteiger charge is -2.20. The molecule has 2 aromatic rings. The Morgan fingerprint density at radius 1 is 1.11 bits per heavy atom. The van der Waals surface area contributed by atoms with Crippen molar-refractivity contribution in [2.45, 2.75) is 26.7 Å². The minimum absolute atomic E-state index is 0.0933. The van der Waals surface area contributed by atoms with Crippen molar-refractivity contribution in [3.8, 4) is 11.5 Å². The predicted molar refractivity (Wildman–Crippen MR) is 115 cm³/mol. The number of nitrogens with one attached hydrogen (secondary N) is 1. The first-order valence-electron chi connectivity index (χ1n) is 9.62. The van der Waals surface area contributed by atoms with Gasteiger partial charge in [-0.1, -0.05) is 24.4 Å². The summed E-state index contributed by atoms with van der Waals surface area (Å²) in [4.78, 5) is 15.3. The molecule has 0 atom stereocenters. The number of hydrogen-bond donors (Lipinski definition) is 1. The number of amides is 1. The highest BCUT2D eigenvalue weighted by atomic mass is 32.1. The van der Waals surface area contributed by atoms with Crippen molar-refractivity contribution in [2.24, 2.45) is 0 Å². The van der Waals surface area contributed by atoms with Gasteiger partial charge in [0.2, 0.25) is 0 Å². The monoisotopic (exact) mass is 398 g/mol. The van der Waals surface area contributed by atoms with Crippen LogP contribution >= 0.6 is 12.2 Å². The highest BCUT2D eigenvalue weighted by Gasteiger charge is 2.18. The third kappa shape index (κ3) is 5.23. The van der Waals surface area contributed by atoms with Crippen LogP contribution in [0.25, 0.3) is 0 Å². The zero-order chi connectivity index (χ0) is 19.9. The second-order valence-electron chi connectivity index (χ2n) is 6.80. The molecule has 0 unspecified atom stereocenters. The van der Waals surface area contributed by atoms with E-state index in [9.17, 15) is 4.79 Å². The van der Waals surface area contributed by atoms with Crippen molar-refractivity contribution in [3.63, 3.8) is 0 Å². The summed E-state index contributed by atoms with van der Waals surface area (Å²) >= 11 is 5.62. The molecule has 28 heavy (non-hydrogen) atoms. The van der Waals surface area contributed by atoms with Gasteiger partial charge in [-0.05, 0) is 62.6 Å². The molecule has 3 rings (SSSR count). The van der Waals surface area contributed by atoms with Gasteiger partial charge in [-0.25, -0.2) is 0 Å². The summed E-state index contributed by atoms with van der Waals surface area (Å²) in [6.45, 7) is 6.31. The van der Waals surface area contributed by atoms with Gasteiger partial charge >= 0.3 is 0 Å². The van der Waals surface area contributed by atoms with E-state index in [1.165, 1.54) is 12.8 Å². The van der Waals surface area contributed by atoms with Crippen LogP contribution in [0.4, 0.5) is 5.69 Å². The number of ether oxygens (including phenoxy) is 2. The summed E-state index contributed by atoms with van der Waals surface area (Å²) in [5, 5.41) is 2.84. The molecule has 1 N–H and O–H groups in total. The second-order valence-corrected chi connectivity index (χ2v) is 7.19. The van der Waals surface area contributed by atoms with Crippen molar-refractivity contribution in [2.75, 3.05) is 31.6 Å². The molecule has 148 valence electrons. The van der Waals surface area contributed by atoms with Gasteiger partial charge in [0.15, 0.2) is 18.1 Å². The fraction of sp³-hybridized carbons (Fsp3) is 0.364. The van der Waals surface area contributed by atoms with E-state index in [-0.39, 0.29) is 12.5 Å². The fourth-order valence-electron chi connectivity index (χ4n) is 3.19. The second kappa shape index (κ2) is 9.55. The molecule has 0 aliphatic carbocycles. The number of likely N-dealkylation sites (tertiary alicyclic amines) is 1. The Labute approximate surface area is 171 Å². The van der Waals surface area contributed by atoms with E-state index in [2.05, 4.69) is 10.2 Å². The molecule has 1 aliphatic rings. The molecule has 0 spiro atoms. The number of carbonyl (C=O) groups is 1. The van der Waals surface area contributed by atoms with Crippen LogP contribution in [-0.2, 0) is 4.79 Å². The van der Waals surface area contributed by atoms with Crippen LogP contribution in [0.5, 0.6) is 11.5 Å². The Hall–Kier alpha value is -2.60. The standard InChI is InChI=1S/C22H26N2O3S/c1-3-26-20-14-17(22(28)24-11-4-5-12-24)9-10-19(20)27-15-21(25)23-18-8-6-7-16(2)13-18/h6-10,13-14H,3-5,11-12,15H2,1-2H3,(H,23,25). The van der Waals surface area contributed by atoms with Crippen molar-refractivity contribution in [1.82, 2.24) is 4.90 Å². The molecule has 1 aliphatic heterocycles. The molecule has 0 aromatic heterocycles. The predicted octanol–water partition coefficient (Wildman–Crippen LogP) is 4.18. The maximum absolute atomic E-state index is 12.2. The van der Waals surface area contributed by atoms with E-state index < -0.39 is 0 Å². The van der Waals surface area contributed by atoms with Gasteiger partial charge in [0, 0.05) is 24.3 Å². The average Bonchev–Trinajstić information content (AvgIpc) is 3.21. The SMILES string of the molecule is CCOc1cc(C(=S)N2CCCC2)ccc1OCC(=O)Nc1cccc(C)c1. The summed E-state index contributed by atoms with van der Waals surface area (Å²) in [7, 11) is 0. The minimum atomic E-state index is -0.218. The van der Waals surface area contributed by atoms with Gasteiger partial charge < -0.3 is 19.7 Å². The highest BCUT2D eigenvalue weighted by molar-refractivity contribution is 7.80. The van der Waals surface area contributed by atoms with E-state index in [1.807, 2.05) is 56.3 Å². The lowest BCUT2D eigenvalue weighted by molar-refractivity contribution is -0.118. The minimum Gasteiger partial charge on any atom is -0.490 e. The van der Waals surface area contributed by atoms with Gasteiger partial charge in [-0.15, -0.1) is 0 Å². The number of anilines is 1. The van der Waals surface area contributed by atoms with Gasteiger partial charge in [0.1, 0.15) is 4.99 Å². The molecule has 1 amide bonds. The quantitative estimate of drug-likeness (QED) is 0.709. The topological polar surface area (TPSA) is 50.8 Å². The molecule has 6 heteroatoms. The molecule has 2 aromatic carbocycles. The van der Waals surface area contributed by atoms with Crippen LogP contribution in [0.1, 0.15) is 30.9 Å². The van der Waals surface area contributed by atoms with Crippen molar-refractivity contribution >= 4 is 28.8 Å². The van der Waals surface area contributed by atoms with Crippen molar-refractivity contribution in [3.05, 3.63) is 53.6 Å². The number of aryl methyl sites for hydroxylation is 1. The van der Waals surface area contributed by atoms with Crippen LogP contribution in [-0.4, -0.2) is 42.1 Å². The summed E-state index contributed by atoms with van der Waals surface area (Å²) in [6, 6.07) is 13.3. The summed E-state index contributed by atoms with van der Waals surface area (Å²) in [6.07, 6.45) is 2.35. The molecular formula is C22H26N2O3S. The molecule has 0 bridgehead atoms. The molecule has 1 heterocycles. The fourth-order valence-corrected chi connectivity index (χ4v) is 3.50. The van der Waals surface area contributed by atoms with Crippen molar-refractivity contribution < 1.29 is 14.3 Å². The van der Waals surface area contributed by atoms with Crippen LogP contribution in [0.2, 0.25) is 0 Å². The van der Waals surface area contributed by atoms with Crippen LogP contribution in [0, 0.1) is 6.92 Å². The maximum atomic E-state index is 12.2. The zero-order valence-electron chi connectivity index (χ0n) is 16.4. The maximum Gasteiger partial charge on any atom is 0.262 e. The third-order valence-electron chi connectivity index (χ3n) is 4.54. The first-order valence-corrected chi connectivity index (χ1v) is 10.0. The first-order chi connectivity index (χ1) is 13.6. The number of nitrogens with zero attached hydrogens (tertiary/aromatic N) is 1. The Kier molecular flexibility index (Phi) is 6.87. The number of thiocarbonyl (C=S) groups is 1. The van der Waals surface area contributed by atoms with Gasteiger partial charge in [-0.3, -0.25) is 4.79 Å². The van der Waals surface area contributed by atoms with Gasteiger partial charge in [-0.2, -0.15) is 0 Å². The van der Waals surface area contributed by atoms with Crippen LogP contribution < -0.4 is 14.8 Å². The summed E-state index contributed by atoms with van der Waals surface area (Å²) < 4.78 is 11.4. The molecular weight excluding hydrogens is 372 g/mol. The van der Waals surface area contributed by atoms with Crippen LogP contribution in [0.15, 0.2) is 42.5 Å². The van der Waals surface area contributed by atoms with Gasteiger partial charge in [0.05, 0.1) is 6.61 Å². The average molecular weight is 399 g/mol. The molecule has 1 saturated heterocycles. The van der Waals surface area contributed by atoms with Crippen LogP contribution in [0.3, 0.4) is 0 Å². The first kappa shape index (κ1) is 20.1. The smallest absolute Gasteiger partial charge is 0.262 e. The molecule has 5 nitrogen and oxygen atoms in total. The molecule has 1 fully saturated rings. The Balaban J connectivity index is 1.65. The Bertz CT molecular complexity index is 847. The van der Waals surface area contributed by atoms with Crippen molar-refractivity contribution in [1.29, 1.82) is 0 Å². The van der Waals surface area contributed by atoms with E-state index in [0.717, 1.165) is 34.9 Å². The number of carbonyl (C=O) groups excluding carboxylic acids is 1. The Morgan fingerprint density at radius 3 is 2.61 bits per heavy atom. The molecule has 0 saturated carbocycles. The van der Waals surface area contributed by atoms with Gasteiger partial charge in [0.25, 0.3) is 5.91 Å². The zero-order valence-corrected chi connectivity index (χ0v) is 17.2. The van der Waals surface area contributed by atoms with E-state index in [0.29, 0.717) is 18.1 Å². The van der Waals surface area contributed by atoms with E-state index >= 15 is 0 Å². The lowest BCUT2D eigenvalue weighted by atomic mass is 10.2. The molecule has 0 radical (unpaired) electrons. The van der Waals surface area contributed by atoms with E-state index in [4.69, 9.17) is 21.7 Å². The summed E-state index contributed by atoms with van der Waals surface area (Å²) in [5.41, 5.74) is 2.78. The lowest BCUT2D eigenvalue weighted by Crippen LogP contribution is -2.26. The number of hydrogen-bond acceptors (Lipinski definition) is 4. The highest BCUT2D eigenvalue weighted by Crippen LogP contribution is 2.30. The number of rotatable bonds is 7. The van der Waals surface area contributed by atoms with E-state index in [1.54, 1.807) is 0 Å². The largest absolute Gasteiger partial charge is 0.490 e. The Morgan fingerprint density at radius 2 is 1.89 bits per heavy atom. The number of benzene rings is 2. The normalized spacial score (nSPS) is 13.3. The summed E-state index contributed by atoms with van der Waals surface area (Å²) in [5.74, 6) is 0.920. The third-order valence-corrected chi connectivity index (χ3v) is 5.04.